The fourth-order valence-electron chi connectivity index (χ4n) is 1.67. The zero-order chi connectivity index (χ0) is 15.6. The Bertz CT molecular complexity index is 669. The van der Waals surface area contributed by atoms with Crippen molar-refractivity contribution in [3.63, 3.8) is 0 Å². The van der Waals surface area contributed by atoms with E-state index in [0.717, 1.165) is 12.1 Å². The molecule has 0 saturated heterocycles. The van der Waals surface area contributed by atoms with Crippen molar-refractivity contribution in [3.05, 3.63) is 53.2 Å². The van der Waals surface area contributed by atoms with Crippen LogP contribution in [0.15, 0.2) is 36.4 Å². The molecule has 3 nitrogen and oxygen atoms in total. The van der Waals surface area contributed by atoms with Crippen LogP contribution in [0.2, 0.25) is 0 Å². The van der Waals surface area contributed by atoms with E-state index in [4.69, 9.17) is 22.7 Å². The van der Waals surface area contributed by atoms with Crippen LogP contribution in [0.3, 0.4) is 0 Å². The van der Waals surface area contributed by atoms with E-state index < -0.39 is 11.7 Å². The number of hydrogen-bond donors (Lipinski definition) is 1. The van der Waals surface area contributed by atoms with Crippen molar-refractivity contribution in [2.45, 2.75) is 13.1 Å². The predicted octanol–water partition coefficient (Wildman–Crippen LogP) is 3.84. The van der Waals surface area contributed by atoms with Crippen LogP contribution in [0.1, 0.15) is 16.8 Å². The Labute approximate surface area is 124 Å². The molecule has 0 aliphatic heterocycles. The van der Waals surface area contributed by atoms with Gasteiger partial charge >= 0.3 is 6.18 Å². The summed E-state index contributed by atoms with van der Waals surface area (Å²) < 4.78 is 42.8. The average molecular weight is 312 g/mol. The first-order valence-corrected chi connectivity index (χ1v) is 6.30. The minimum absolute atomic E-state index is 0.192. The van der Waals surface area contributed by atoms with Crippen molar-refractivity contribution in [3.8, 4) is 11.6 Å². The maximum atomic E-state index is 12.5. The first-order chi connectivity index (χ1) is 9.75. The summed E-state index contributed by atoms with van der Waals surface area (Å²) in [4.78, 5) is 4.32. The van der Waals surface area contributed by atoms with E-state index in [1.807, 2.05) is 0 Å². The fraction of sp³-hybridized carbons (Fsp3) is 0.143. The molecule has 1 aromatic carbocycles. The molecule has 7 heteroatoms. The van der Waals surface area contributed by atoms with E-state index in [0.29, 0.717) is 11.3 Å². The van der Waals surface area contributed by atoms with Crippen LogP contribution in [0.4, 0.5) is 13.2 Å². The van der Waals surface area contributed by atoms with Crippen LogP contribution in [0.5, 0.6) is 11.6 Å². The summed E-state index contributed by atoms with van der Waals surface area (Å²) in [6.07, 6.45) is -4.38. The molecule has 0 radical (unpaired) electrons. The normalized spacial score (nSPS) is 11.2. The molecule has 21 heavy (non-hydrogen) atoms. The lowest BCUT2D eigenvalue weighted by atomic mass is 10.2. The maximum absolute atomic E-state index is 12.5. The van der Waals surface area contributed by atoms with Crippen LogP contribution < -0.4 is 10.5 Å². The fourth-order valence-corrected chi connectivity index (χ4v) is 1.78. The molecule has 0 bridgehead atoms. The zero-order valence-corrected chi connectivity index (χ0v) is 11.8. The number of halogens is 3. The van der Waals surface area contributed by atoms with Gasteiger partial charge in [0.1, 0.15) is 10.7 Å². The number of nitrogens with two attached hydrogens (primary N) is 1. The summed E-state index contributed by atoms with van der Waals surface area (Å²) >= 11 is 4.87. The third kappa shape index (κ3) is 3.91. The van der Waals surface area contributed by atoms with Crippen molar-refractivity contribution in [2.75, 3.05) is 0 Å². The molecular weight excluding hydrogens is 301 g/mol. The van der Waals surface area contributed by atoms with Crippen molar-refractivity contribution < 1.29 is 17.9 Å². The van der Waals surface area contributed by atoms with E-state index in [2.05, 4.69) is 4.98 Å². The van der Waals surface area contributed by atoms with Gasteiger partial charge in [0.2, 0.25) is 5.88 Å². The lowest BCUT2D eigenvalue weighted by Gasteiger charge is -2.09. The van der Waals surface area contributed by atoms with Gasteiger partial charge in [0, 0.05) is 17.3 Å². The average Bonchev–Trinajstić information content (AvgIpc) is 2.37. The number of alkyl halides is 3. The molecule has 0 amide bonds. The highest BCUT2D eigenvalue weighted by Gasteiger charge is 2.30. The number of aromatic nitrogens is 1. The highest BCUT2D eigenvalue weighted by Crippen LogP contribution is 2.31. The summed E-state index contributed by atoms with van der Waals surface area (Å²) in [5.41, 5.74) is 6.02. The largest absolute Gasteiger partial charge is 0.439 e. The van der Waals surface area contributed by atoms with Crippen molar-refractivity contribution >= 4 is 17.2 Å². The molecular formula is C14H11F3N2OS. The number of hydrogen-bond acceptors (Lipinski definition) is 3. The lowest BCUT2D eigenvalue weighted by molar-refractivity contribution is -0.137. The SMILES string of the molecule is Cc1cc(C(N)=S)cc(Oc2ccc(C(F)(F)F)cc2)n1. The molecule has 1 heterocycles. The summed E-state index contributed by atoms with van der Waals surface area (Å²) in [6.45, 7) is 1.74. The lowest BCUT2D eigenvalue weighted by Crippen LogP contribution is -2.10. The molecule has 110 valence electrons. The minimum Gasteiger partial charge on any atom is -0.439 e. The molecule has 0 saturated carbocycles. The number of nitrogens with zero attached hydrogens (tertiary/aromatic N) is 1. The molecule has 2 rings (SSSR count). The van der Waals surface area contributed by atoms with Gasteiger partial charge in [-0.25, -0.2) is 4.98 Å². The third-order valence-corrected chi connectivity index (χ3v) is 2.85. The molecule has 0 atom stereocenters. The summed E-state index contributed by atoms with van der Waals surface area (Å²) in [5.74, 6) is 0.465. The summed E-state index contributed by atoms with van der Waals surface area (Å²) in [6, 6.07) is 7.58. The number of ether oxygens (including phenoxy) is 1. The third-order valence-electron chi connectivity index (χ3n) is 2.62. The van der Waals surface area contributed by atoms with E-state index in [9.17, 15) is 13.2 Å². The summed E-state index contributed by atoms with van der Waals surface area (Å²) in [5, 5.41) is 0. The quantitative estimate of drug-likeness (QED) is 0.875. The number of thiocarbonyl (C=S) groups is 1. The van der Waals surface area contributed by atoms with Gasteiger partial charge in [-0.3, -0.25) is 0 Å². The Balaban J connectivity index is 2.24. The van der Waals surface area contributed by atoms with Crippen molar-refractivity contribution in [1.29, 1.82) is 0 Å². The van der Waals surface area contributed by atoms with E-state index >= 15 is 0 Å². The van der Waals surface area contributed by atoms with E-state index in [1.165, 1.54) is 18.2 Å². The Morgan fingerprint density at radius 2 is 1.81 bits per heavy atom. The van der Waals surface area contributed by atoms with Gasteiger partial charge in [0.05, 0.1) is 5.56 Å². The number of aryl methyl sites for hydroxylation is 1. The van der Waals surface area contributed by atoms with Gasteiger partial charge < -0.3 is 10.5 Å². The second-order valence-electron chi connectivity index (χ2n) is 4.32. The van der Waals surface area contributed by atoms with Crippen LogP contribution >= 0.6 is 12.2 Å². The van der Waals surface area contributed by atoms with Crippen molar-refractivity contribution in [2.24, 2.45) is 5.73 Å². The van der Waals surface area contributed by atoms with Crippen molar-refractivity contribution in [1.82, 2.24) is 4.98 Å². The molecule has 0 unspecified atom stereocenters. The molecule has 0 spiro atoms. The highest BCUT2D eigenvalue weighted by molar-refractivity contribution is 7.80. The Kier molecular flexibility index (Phi) is 4.13. The Morgan fingerprint density at radius 1 is 1.19 bits per heavy atom. The second kappa shape index (κ2) is 5.69. The van der Waals surface area contributed by atoms with Crippen LogP contribution in [-0.4, -0.2) is 9.97 Å². The van der Waals surface area contributed by atoms with Gasteiger partial charge in [-0.15, -0.1) is 0 Å². The minimum atomic E-state index is -4.38. The monoisotopic (exact) mass is 312 g/mol. The number of pyridine rings is 1. The van der Waals surface area contributed by atoms with Gasteiger partial charge in [0.25, 0.3) is 0 Å². The number of rotatable bonds is 3. The standard InChI is InChI=1S/C14H11F3N2OS/c1-8-6-9(13(18)21)7-12(19-8)20-11-4-2-10(3-5-11)14(15,16)17/h2-7H,1H3,(H2,18,21). The molecule has 2 N–H and O–H groups in total. The van der Waals surface area contributed by atoms with E-state index in [1.54, 1.807) is 13.0 Å². The van der Waals surface area contributed by atoms with Gasteiger partial charge in [-0.1, -0.05) is 12.2 Å². The van der Waals surface area contributed by atoms with Gasteiger partial charge in [0.15, 0.2) is 0 Å². The van der Waals surface area contributed by atoms with Gasteiger partial charge in [-0.05, 0) is 37.3 Å². The second-order valence-corrected chi connectivity index (χ2v) is 4.76. The molecule has 2 aromatic rings. The summed E-state index contributed by atoms with van der Waals surface area (Å²) in [7, 11) is 0. The molecule has 0 aliphatic carbocycles. The van der Waals surface area contributed by atoms with E-state index in [-0.39, 0.29) is 16.6 Å². The maximum Gasteiger partial charge on any atom is 0.416 e. The Hall–Kier alpha value is -2.15. The first kappa shape index (κ1) is 15.2. The highest BCUT2D eigenvalue weighted by atomic mass is 32.1. The Morgan fingerprint density at radius 3 is 2.33 bits per heavy atom. The first-order valence-electron chi connectivity index (χ1n) is 5.89. The van der Waals surface area contributed by atoms with Crippen LogP contribution in [-0.2, 0) is 6.18 Å². The molecule has 1 aromatic heterocycles. The van der Waals surface area contributed by atoms with Crippen LogP contribution in [0, 0.1) is 6.92 Å². The molecule has 0 fully saturated rings. The molecule has 0 aliphatic rings. The predicted molar refractivity (Wildman–Crippen MR) is 76.4 cm³/mol. The smallest absolute Gasteiger partial charge is 0.416 e. The topological polar surface area (TPSA) is 48.1 Å². The van der Waals surface area contributed by atoms with Crippen LogP contribution in [0.25, 0.3) is 0 Å². The number of benzene rings is 1. The van der Waals surface area contributed by atoms with Gasteiger partial charge in [-0.2, -0.15) is 13.2 Å². The zero-order valence-electron chi connectivity index (χ0n) is 10.9.